The lowest BCUT2D eigenvalue weighted by Crippen LogP contribution is -2.47. The summed E-state index contributed by atoms with van der Waals surface area (Å²) in [6, 6.07) is 0.00728. The molecular formula is C16H26N2O3. The maximum atomic E-state index is 12.3. The van der Waals surface area contributed by atoms with Crippen LogP contribution in [-0.4, -0.2) is 41.6 Å². The van der Waals surface area contributed by atoms with Crippen molar-refractivity contribution in [3.8, 4) is 0 Å². The minimum atomic E-state index is -0.760. The van der Waals surface area contributed by atoms with E-state index in [0.29, 0.717) is 12.5 Å². The number of hydrogen-bond donors (Lipinski definition) is 2. The van der Waals surface area contributed by atoms with Crippen molar-refractivity contribution in [1.29, 1.82) is 0 Å². The quantitative estimate of drug-likeness (QED) is 0.836. The van der Waals surface area contributed by atoms with E-state index in [4.69, 9.17) is 5.11 Å². The summed E-state index contributed by atoms with van der Waals surface area (Å²) in [5, 5.41) is 12.0. The second-order valence-electron chi connectivity index (χ2n) is 7.17. The number of urea groups is 1. The molecule has 3 aliphatic rings. The third kappa shape index (κ3) is 3.50. The number of nitrogens with zero attached hydrogens (tertiary/aromatic N) is 1. The highest BCUT2D eigenvalue weighted by molar-refractivity contribution is 5.74. The summed E-state index contributed by atoms with van der Waals surface area (Å²) in [7, 11) is 0. The summed E-state index contributed by atoms with van der Waals surface area (Å²) >= 11 is 0. The number of rotatable bonds is 4. The number of fused-ring (bicyclic) bond motifs is 2. The van der Waals surface area contributed by atoms with E-state index < -0.39 is 5.97 Å². The van der Waals surface area contributed by atoms with Gasteiger partial charge in [-0.1, -0.05) is 6.42 Å². The Labute approximate surface area is 126 Å². The number of nitrogens with one attached hydrogen (secondary N) is 1. The standard InChI is InChI=1S/C16H26N2O3/c19-15(20)8-12-2-1-5-18(10-12)16(21)17-9-14-7-11-3-4-13(14)6-11/h11-14H,1-10H2,(H,17,21)(H,19,20). The maximum absolute atomic E-state index is 12.3. The molecule has 2 aliphatic carbocycles. The summed E-state index contributed by atoms with van der Waals surface area (Å²) in [6.07, 6.45) is 7.39. The average molecular weight is 294 g/mol. The Morgan fingerprint density at radius 3 is 2.71 bits per heavy atom. The first kappa shape index (κ1) is 14.7. The van der Waals surface area contributed by atoms with Gasteiger partial charge in [0.05, 0.1) is 0 Å². The summed E-state index contributed by atoms with van der Waals surface area (Å²) in [6.45, 7) is 2.16. The molecule has 2 amide bonds. The van der Waals surface area contributed by atoms with E-state index in [9.17, 15) is 9.59 Å². The second kappa shape index (κ2) is 6.24. The topological polar surface area (TPSA) is 69.6 Å². The van der Waals surface area contributed by atoms with Crippen LogP contribution in [0.2, 0.25) is 0 Å². The molecule has 3 rings (SSSR count). The van der Waals surface area contributed by atoms with Gasteiger partial charge < -0.3 is 15.3 Å². The molecule has 0 spiro atoms. The number of aliphatic carboxylic acids is 1. The number of hydrogen-bond acceptors (Lipinski definition) is 2. The van der Waals surface area contributed by atoms with Gasteiger partial charge >= 0.3 is 12.0 Å². The summed E-state index contributed by atoms with van der Waals surface area (Å²) in [4.78, 5) is 24.9. The van der Waals surface area contributed by atoms with Crippen LogP contribution in [0.3, 0.4) is 0 Å². The zero-order valence-electron chi connectivity index (χ0n) is 12.6. The molecule has 0 aromatic heterocycles. The molecule has 0 radical (unpaired) electrons. The minimum Gasteiger partial charge on any atom is -0.481 e. The molecule has 5 nitrogen and oxygen atoms in total. The largest absolute Gasteiger partial charge is 0.481 e. The van der Waals surface area contributed by atoms with Crippen molar-refractivity contribution in [2.24, 2.45) is 23.7 Å². The Hall–Kier alpha value is -1.26. The normalized spacial score (nSPS) is 35.0. The summed E-state index contributed by atoms with van der Waals surface area (Å²) < 4.78 is 0. The van der Waals surface area contributed by atoms with Crippen LogP contribution in [0.4, 0.5) is 4.79 Å². The number of carboxylic acids is 1. The lowest BCUT2D eigenvalue weighted by atomic mass is 9.89. The Balaban J connectivity index is 1.43. The second-order valence-corrected chi connectivity index (χ2v) is 7.17. The number of carbonyl (C=O) groups excluding carboxylic acids is 1. The van der Waals surface area contributed by atoms with Crippen molar-refractivity contribution in [3.63, 3.8) is 0 Å². The van der Waals surface area contributed by atoms with E-state index in [2.05, 4.69) is 5.32 Å². The molecule has 0 aromatic rings. The Morgan fingerprint density at radius 1 is 1.19 bits per heavy atom. The molecule has 1 heterocycles. The zero-order valence-corrected chi connectivity index (χ0v) is 12.6. The fraction of sp³-hybridized carbons (Fsp3) is 0.875. The monoisotopic (exact) mass is 294 g/mol. The van der Waals surface area contributed by atoms with Crippen molar-refractivity contribution in [2.45, 2.75) is 44.9 Å². The van der Waals surface area contributed by atoms with Gasteiger partial charge in [-0.15, -0.1) is 0 Å². The van der Waals surface area contributed by atoms with E-state index >= 15 is 0 Å². The van der Waals surface area contributed by atoms with Crippen molar-refractivity contribution < 1.29 is 14.7 Å². The van der Waals surface area contributed by atoms with Gasteiger partial charge in [-0.3, -0.25) is 4.79 Å². The summed E-state index contributed by atoms with van der Waals surface area (Å²) in [5.41, 5.74) is 0. The number of amides is 2. The molecule has 21 heavy (non-hydrogen) atoms. The van der Waals surface area contributed by atoms with E-state index in [-0.39, 0.29) is 18.4 Å². The van der Waals surface area contributed by atoms with Crippen molar-refractivity contribution in [3.05, 3.63) is 0 Å². The van der Waals surface area contributed by atoms with Crippen LogP contribution in [0.1, 0.15) is 44.9 Å². The first-order valence-corrected chi connectivity index (χ1v) is 8.36. The predicted molar refractivity (Wildman–Crippen MR) is 78.9 cm³/mol. The molecule has 2 bridgehead atoms. The third-order valence-corrected chi connectivity index (χ3v) is 5.67. The molecule has 4 unspecified atom stereocenters. The predicted octanol–water partition coefficient (Wildman–Crippen LogP) is 2.32. The Bertz CT molecular complexity index is 412. The highest BCUT2D eigenvalue weighted by Gasteiger charge is 2.39. The molecule has 3 fully saturated rings. The smallest absolute Gasteiger partial charge is 0.317 e. The summed E-state index contributed by atoms with van der Waals surface area (Å²) in [5.74, 6) is 1.77. The Morgan fingerprint density at radius 2 is 2.05 bits per heavy atom. The zero-order chi connectivity index (χ0) is 14.8. The fourth-order valence-electron chi connectivity index (χ4n) is 4.62. The molecule has 4 atom stereocenters. The lowest BCUT2D eigenvalue weighted by Gasteiger charge is -2.33. The van der Waals surface area contributed by atoms with Crippen LogP contribution >= 0.6 is 0 Å². The van der Waals surface area contributed by atoms with E-state index in [0.717, 1.165) is 37.8 Å². The van der Waals surface area contributed by atoms with Crippen molar-refractivity contribution >= 4 is 12.0 Å². The third-order valence-electron chi connectivity index (χ3n) is 5.67. The van der Waals surface area contributed by atoms with Gasteiger partial charge in [0.15, 0.2) is 0 Å². The molecule has 1 saturated heterocycles. The molecule has 2 N–H and O–H groups in total. The minimum absolute atomic E-state index is 0.00728. The Kier molecular flexibility index (Phi) is 4.36. The van der Waals surface area contributed by atoms with Crippen LogP contribution in [0.5, 0.6) is 0 Å². The van der Waals surface area contributed by atoms with Crippen molar-refractivity contribution in [1.82, 2.24) is 10.2 Å². The van der Waals surface area contributed by atoms with E-state index in [1.807, 2.05) is 4.90 Å². The number of carboxylic acid groups (broad SMARTS) is 1. The van der Waals surface area contributed by atoms with E-state index in [1.54, 1.807) is 0 Å². The number of piperidine rings is 1. The van der Waals surface area contributed by atoms with Gasteiger partial charge in [0.2, 0.25) is 0 Å². The van der Waals surface area contributed by atoms with Crippen LogP contribution in [-0.2, 0) is 4.79 Å². The lowest BCUT2D eigenvalue weighted by molar-refractivity contribution is -0.138. The molecule has 0 aromatic carbocycles. The first-order chi connectivity index (χ1) is 10.1. The van der Waals surface area contributed by atoms with Crippen LogP contribution in [0.25, 0.3) is 0 Å². The molecular weight excluding hydrogens is 268 g/mol. The van der Waals surface area contributed by atoms with Crippen LogP contribution in [0, 0.1) is 23.7 Å². The average Bonchev–Trinajstić information content (AvgIpc) is 3.06. The van der Waals surface area contributed by atoms with E-state index in [1.165, 1.54) is 25.7 Å². The molecule has 2 saturated carbocycles. The van der Waals surface area contributed by atoms with Gasteiger partial charge in [0.1, 0.15) is 0 Å². The number of carbonyl (C=O) groups is 2. The van der Waals surface area contributed by atoms with Crippen LogP contribution < -0.4 is 5.32 Å². The molecule has 118 valence electrons. The van der Waals surface area contributed by atoms with Gasteiger partial charge in [-0.2, -0.15) is 0 Å². The molecule has 5 heteroatoms. The first-order valence-electron chi connectivity index (χ1n) is 8.36. The molecule has 1 aliphatic heterocycles. The highest BCUT2D eigenvalue weighted by Crippen LogP contribution is 2.47. The van der Waals surface area contributed by atoms with Crippen molar-refractivity contribution in [2.75, 3.05) is 19.6 Å². The SMILES string of the molecule is O=C(O)CC1CCCN(C(=O)NCC2CC3CCC2C3)C1. The van der Waals surface area contributed by atoms with Gasteiger partial charge in [0, 0.05) is 26.1 Å². The maximum Gasteiger partial charge on any atom is 0.317 e. The van der Waals surface area contributed by atoms with Gasteiger partial charge in [-0.25, -0.2) is 4.79 Å². The number of likely N-dealkylation sites (tertiary alicyclic amines) is 1. The fourth-order valence-corrected chi connectivity index (χ4v) is 4.62. The van der Waals surface area contributed by atoms with Gasteiger partial charge in [0.25, 0.3) is 0 Å². The van der Waals surface area contributed by atoms with Gasteiger partial charge in [-0.05, 0) is 55.8 Å². The van der Waals surface area contributed by atoms with Crippen LogP contribution in [0.15, 0.2) is 0 Å². The highest BCUT2D eigenvalue weighted by atomic mass is 16.4.